The van der Waals surface area contributed by atoms with Crippen molar-refractivity contribution in [2.75, 3.05) is 18.0 Å². The van der Waals surface area contributed by atoms with Crippen molar-refractivity contribution in [3.8, 4) is 0 Å². The van der Waals surface area contributed by atoms with E-state index in [4.69, 9.17) is 4.74 Å². The third kappa shape index (κ3) is 3.66. The normalized spacial score (nSPS) is 24.1. The minimum absolute atomic E-state index is 0.00444. The first kappa shape index (κ1) is 18.6. The molecule has 2 heterocycles. The summed E-state index contributed by atoms with van der Waals surface area (Å²) in [6, 6.07) is 4.81. The van der Waals surface area contributed by atoms with Crippen LogP contribution in [-0.2, 0) is 4.74 Å². The molecule has 4 nitrogen and oxygen atoms in total. The van der Waals surface area contributed by atoms with Gasteiger partial charge in [0, 0.05) is 0 Å². The van der Waals surface area contributed by atoms with Gasteiger partial charge in [-0.2, -0.15) is 0 Å². The van der Waals surface area contributed by atoms with Crippen LogP contribution in [-0.4, -0.2) is 56.3 Å². The molecule has 0 aliphatic carbocycles. The van der Waals surface area contributed by atoms with Gasteiger partial charge >= 0.3 is 168 Å². The number of hydrogen-bond acceptors (Lipinski definition) is 3. The van der Waals surface area contributed by atoms with Gasteiger partial charge in [0.15, 0.2) is 0 Å². The third-order valence-corrected chi connectivity index (χ3v) is 8.91. The number of halogens is 2. The Hall–Kier alpha value is -0.192. The predicted octanol–water partition coefficient (Wildman–Crippen LogP) is 3.72. The van der Waals surface area contributed by atoms with Crippen LogP contribution in [0.2, 0.25) is 0 Å². The minimum atomic E-state index is -0.446. The van der Waals surface area contributed by atoms with Crippen LogP contribution in [0.4, 0.5) is 10.5 Å². The van der Waals surface area contributed by atoms with Crippen LogP contribution in [0.25, 0.3) is 0 Å². The number of fused-ring (bicyclic) bond motifs is 3. The van der Waals surface area contributed by atoms with E-state index < -0.39 is 5.60 Å². The summed E-state index contributed by atoms with van der Waals surface area (Å²) in [6.07, 6.45) is 0.837. The van der Waals surface area contributed by atoms with Gasteiger partial charge in [-0.1, -0.05) is 0 Å². The molecule has 7 heteroatoms. The molecule has 1 aromatic carbocycles. The van der Waals surface area contributed by atoms with Crippen LogP contribution in [0.5, 0.6) is 0 Å². The van der Waals surface area contributed by atoms with Crippen molar-refractivity contribution in [3.05, 3.63) is 21.1 Å². The molecule has 1 saturated heterocycles. The Balaban J connectivity index is 1.84. The Bertz CT molecular complexity index is 663. The summed E-state index contributed by atoms with van der Waals surface area (Å²) in [6.45, 7) is 9.45. The molecule has 2 aliphatic rings. The zero-order valence-corrected chi connectivity index (χ0v) is 19.4. The Kier molecular flexibility index (Phi) is 5.30. The molecule has 3 rings (SSSR count). The molecule has 1 aromatic rings. The summed E-state index contributed by atoms with van der Waals surface area (Å²) in [5.41, 5.74) is 0.892. The van der Waals surface area contributed by atoms with E-state index in [1.165, 1.54) is 10.0 Å². The van der Waals surface area contributed by atoms with Crippen molar-refractivity contribution in [3.63, 3.8) is 0 Å². The third-order valence-electron chi connectivity index (χ3n) is 4.24. The van der Waals surface area contributed by atoms with E-state index in [1.807, 2.05) is 25.7 Å². The number of amides is 1. The van der Waals surface area contributed by atoms with Gasteiger partial charge in [-0.3, -0.25) is 0 Å². The number of carbonyl (C=O) groups excluding carboxylic acids is 1. The van der Waals surface area contributed by atoms with E-state index in [0.29, 0.717) is 10.9 Å². The average molecular weight is 521 g/mol. The van der Waals surface area contributed by atoms with Gasteiger partial charge in [0.05, 0.1) is 0 Å². The van der Waals surface area contributed by atoms with Crippen molar-refractivity contribution >= 4 is 63.7 Å². The second-order valence-corrected chi connectivity index (χ2v) is 11.7. The van der Waals surface area contributed by atoms with Gasteiger partial charge in [0.1, 0.15) is 0 Å². The molecule has 0 aromatic heterocycles. The molecule has 24 heavy (non-hydrogen) atoms. The van der Waals surface area contributed by atoms with E-state index in [1.54, 1.807) is 0 Å². The van der Waals surface area contributed by atoms with Gasteiger partial charge < -0.3 is 0 Å². The molecule has 2 aliphatic heterocycles. The molecule has 0 spiro atoms. The van der Waals surface area contributed by atoms with Crippen LogP contribution in [0.15, 0.2) is 21.1 Å². The van der Waals surface area contributed by atoms with Crippen molar-refractivity contribution in [1.29, 1.82) is 0 Å². The van der Waals surface area contributed by atoms with E-state index in [2.05, 4.69) is 55.8 Å². The number of benzene rings is 1. The summed E-state index contributed by atoms with van der Waals surface area (Å²) >= 11 is 7.25. The second-order valence-electron chi connectivity index (χ2n) is 7.22. The standard InChI is InChI=1S/C17H22AsBr2N2O2/c1-5-10-8-21(16(23)24-17(2,3)4)9-15-18-11-6-12(19)13(20)7-14(11)22(10)15/h6-7,10,15H,5,8-9H2,1-4H3. The topological polar surface area (TPSA) is 32.8 Å². The summed E-state index contributed by atoms with van der Waals surface area (Å²) < 4.78 is 9.23. The fourth-order valence-electron chi connectivity index (χ4n) is 3.20. The van der Waals surface area contributed by atoms with Crippen molar-refractivity contribution in [2.24, 2.45) is 0 Å². The summed E-state index contributed by atoms with van der Waals surface area (Å²) in [4.78, 5) is 17.4. The van der Waals surface area contributed by atoms with E-state index in [9.17, 15) is 4.79 Å². The maximum absolute atomic E-state index is 12.5. The van der Waals surface area contributed by atoms with E-state index >= 15 is 0 Å². The number of nitrogens with zero attached hydrogens (tertiary/aromatic N) is 2. The maximum atomic E-state index is 12.5. The molecule has 0 bridgehead atoms. The summed E-state index contributed by atoms with van der Waals surface area (Å²) in [5.74, 6) is 0. The number of anilines is 1. The Morgan fingerprint density at radius 1 is 1.29 bits per heavy atom. The number of piperazine rings is 1. The van der Waals surface area contributed by atoms with Gasteiger partial charge in [-0.05, 0) is 0 Å². The van der Waals surface area contributed by atoms with Crippen LogP contribution >= 0.6 is 31.9 Å². The second kappa shape index (κ2) is 6.85. The first-order chi connectivity index (χ1) is 11.2. The number of rotatable bonds is 1. The summed E-state index contributed by atoms with van der Waals surface area (Å²) in [7, 11) is 0. The molecule has 1 amide bonds. The first-order valence-electron chi connectivity index (χ1n) is 8.15. The molecule has 2 atom stereocenters. The summed E-state index contributed by atoms with van der Waals surface area (Å²) in [5, 5.41) is 0. The van der Waals surface area contributed by atoms with Gasteiger partial charge in [0.2, 0.25) is 0 Å². The van der Waals surface area contributed by atoms with Crippen molar-refractivity contribution in [1.82, 2.24) is 4.90 Å². The Labute approximate surface area is 167 Å². The molecule has 1 fully saturated rings. The zero-order chi connectivity index (χ0) is 17.6. The van der Waals surface area contributed by atoms with Crippen LogP contribution in [0.3, 0.4) is 0 Å². The van der Waals surface area contributed by atoms with E-state index in [-0.39, 0.29) is 21.8 Å². The SMILES string of the molecule is CCC1CN(C(=O)OC(C)(C)C)CC2[As]c3cc(Br)c(Br)cc3N12. The van der Waals surface area contributed by atoms with Crippen molar-refractivity contribution in [2.45, 2.75) is 50.6 Å². The van der Waals surface area contributed by atoms with E-state index in [0.717, 1.165) is 28.5 Å². The van der Waals surface area contributed by atoms with Crippen LogP contribution in [0.1, 0.15) is 34.1 Å². The molecular formula is C17H22AsBr2N2O2. The molecule has 1 radical (unpaired) electrons. The number of carbonyl (C=O) groups is 1. The Morgan fingerprint density at radius 3 is 2.58 bits per heavy atom. The molecule has 0 N–H and O–H groups in total. The number of hydrogen-bond donors (Lipinski definition) is 0. The van der Waals surface area contributed by atoms with Gasteiger partial charge in [-0.15, -0.1) is 0 Å². The monoisotopic (exact) mass is 519 g/mol. The van der Waals surface area contributed by atoms with Crippen LogP contribution < -0.4 is 9.25 Å². The molecule has 0 saturated carbocycles. The molecular weight excluding hydrogens is 499 g/mol. The average Bonchev–Trinajstić information content (AvgIpc) is 2.82. The van der Waals surface area contributed by atoms with Crippen LogP contribution in [0, 0.1) is 0 Å². The van der Waals surface area contributed by atoms with Gasteiger partial charge in [0.25, 0.3) is 0 Å². The quantitative estimate of drug-likeness (QED) is 0.529. The fraction of sp³-hybridized carbons (Fsp3) is 0.588. The first-order valence-corrected chi connectivity index (χ1v) is 11.8. The molecule has 131 valence electrons. The van der Waals surface area contributed by atoms with Crippen molar-refractivity contribution < 1.29 is 9.53 Å². The zero-order valence-electron chi connectivity index (χ0n) is 14.3. The molecule has 2 unspecified atom stereocenters. The predicted molar refractivity (Wildman–Crippen MR) is 105 cm³/mol. The van der Waals surface area contributed by atoms with Gasteiger partial charge in [-0.25, -0.2) is 0 Å². The Morgan fingerprint density at radius 2 is 1.96 bits per heavy atom. The fourth-order valence-corrected chi connectivity index (χ4v) is 7.52. The number of ether oxygens (including phenoxy) is 1.